The number of hydrogen-bond donors (Lipinski definition) is 1. The molecule has 0 aromatic heterocycles. The number of rotatable bonds is 5. The largest absolute Gasteiger partial charge is 0.497 e. The van der Waals surface area contributed by atoms with Gasteiger partial charge in [-0.15, -0.1) is 6.42 Å². The lowest BCUT2D eigenvalue weighted by atomic mass is 10.1. The van der Waals surface area contributed by atoms with E-state index in [1.807, 2.05) is 6.92 Å². The minimum atomic E-state index is -0.274. The fourth-order valence-electron chi connectivity index (χ4n) is 1.48. The Balaban J connectivity index is 2.95. The summed E-state index contributed by atoms with van der Waals surface area (Å²) in [6.07, 6.45) is 5.99. The molecule has 0 aliphatic rings. The van der Waals surface area contributed by atoms with Crippen LogP contribution >= 0.6 is 0 Å². The topological polar surface area (TPSA) is 47.6 Å². The molecule has 0 saturated heterocycles. The quantitative estimate of drug-likeness (QED) is 0.808. The van der Waals surface area contributed by atoms with E-state index in [-0.39, 0.29) is 11.9 Å². The molecule has 4 nitrogen and oxygen atoms in total. The number of terminal acetylenes is 1. The molecule has 0 aliphatic carbocycles. The van der Waals surface area contributed by atoms with E-state index < -0.39 is 0 Å². The smallest absolute Gasteiger partial charge is 0.256 e. The lowest BCUT2D eigenvalue weighted by molar-refractivity contribution is 0.0942. The summed E-state index contributed by atoms with van der Waals surface area (Å²) in [6.45, 7) is 1.91. The van der Waals surface area contributed by atoms with Crippen LogP contribution in [0.15, 0.2) is 18.2 Å². The van der Waals surface area contributed by atoms with Crippen molar-refractivity contribution in [1.82, 2.24) is 5.32 Å². The maximum absolute atomic E-state index is 12.0. The summed E-state index contributed by atoms with van der Waals surface area (Å²) >= 11 is 0. The molecule has 0 spiro atoms. The molecule has 0 bridgehead atoms. The predicted octanol–water partition coefficient (Wildman–Crippen LogP) is 1.85. The van der Waals surface area contributed by atoms with Crippen LogP contribution in [-0.2, 0) is 0 Å². The molecule has 4 heteroatoms. The summed E-state index contributed by atoms with van der Waals surface area (Å²) in [7, 11) is 3.06. The molecule has 0 aliphatic heterocycles. The fourth-order valence-corrected chi connectivity index (χ4v) is 1.48. The van der Waals surface area contributed by atoms with Crippen molar-refractivity contribution in [2.75, 3.05) is 14.2 Å². The molecule has 1 atom stereocenters. The minimum absolute atomic E-state index is 0.251. The van der Waals surface area contributed by atoms with Gasteiger partial charge in [0.15, 0.2) is 0 Å². The number of hydrogen-bond acceptors (Lipinski definition) is 3. The Bertz CT molecular complexity index is 463. The van der Waals surface area contributed by atoms with Gasteiger partial charge in [0.05, 0.1) is 25.8 Å². The number of ether oxygens (including phenoxy) is 2. The highest BCUT2D eigenvalue weighted by molar-refractivity contribution is 5.97. The van der Waals surface area contributed by atoms with Gasteiger partial charge in [-0.2, -0.15) is 0 Å². The van der Waals surface area contributed by atoms with Crippen LogP contribution in [0.1, 0.15) is 23.7 Å². The molecule has 1 N–H and O–H groups in total. The van der Waals surface area contributed by atoms with E-state index in [1.165, 1.54) is 7.11 Å². The van der Waals surface area contributed by atoms with E-state index >= 15 is 0 Å². The van der Waals surface area contributed by atoms with Gasteiger partial charge in [0.2, 0.25) is 0 Å². The first-order valence-corrected chi connectivity index (χ1v) is 5.65. The second-order valence-corrected chi connectivity index (χ2v) is 3.67. The van der Waals surface area contributed by atoms with E-state index in [0.717, 1.165) is 0 Å². The molecule has 18 heavy (non-hydrogen) atoms. The summed E-state index contributed by atoms with van der Waals surface area (Å²) in [5.74, 6) is 3.35. The summed E-state index contributed by atoms with van der Waals surface area (Å²) in [5.41, 5.74) is 0.437. The van der Waals surface area contributed by atoms with Crippen molar-refractivity contribution >= 4 is 5.91 Å². The Morgan fingerprint density at radius 3 is 2.67 bits per heavy atom. The first-order chi connectivity index (χ1) is 8.65. The van der Waals surface area contributed by atoms with Gasteiger partial charge in [-0.25, -0.2) is 0 Å². The average Bonchev–Trinajstić information content (AvgIpc) is 2.43. The summed E-state index contributed by atoms with van der Waals surface area (Å²) in [6, 6.07) is 4.74. The van der Waals surface area contributed by atoms with Gasteiger partial charge in [-0.05, 0) is 18.6 Å². The van der Waals surface area contributed by atoms with Crippen LogP contribution in [0.3, 0.4) is 0 Å². The Kier molecular flexibility index (Phi) is 5.06. The molecule has 0 radical (unpaired) electrons. The van der Waals surface area contributed by atoms with Crippen molar-refractivity contribution in [2.24, 2.45) is 0 Å². The van der Waals surface area contributed by atoms with Gasteiger partial charge in [-0.1, -0.05) is 12.8 Å². The van der Waals surface area contributed by atoms with Crippen LogP contribution in [0.2, 0.25) is 0 Å². The van der Waals surface area contributed by atoms with Crippen molar-refractivity contribution in [3.63, 3.8) is 0 Å². The molecular formula is C14H17NO3. The van der Waals surface area contributed by atoms with Crippen LogP contribution in [0.4, 0.5) is 0 Å². The molecule has 0 fully saturated rings. The van der Waals surface area contributed by atoms with E-state index in [2.05, 4.69) is 11.2 Å². The van der Waals surface area contributed by atoms with E-state index in [9.17, 15) is 4.79 Å². The maximum atomic E-state index is 12.0. The van der Waals surface area contributed by atoms with Crippen molar-refractivity contribution in [2.45, 2.75) is 19.4 Å². The van der Waals surface area contributed by atoms with Crippen molar-refractivity contribution in [3.8, 4) is 23.8 Å². The Hall–Kier alpha value is -2.15. The van der Waals surface area contributed by atoms with Crippen LogP contribution in [-0.4, -0.2) is 26.2 Å². The van der Waals surface area contributed by atoms with E-state index in [1.54, 1.807) is 25.3 Å². The SMILES string of the molecule is C#CC(CC)NC(=O)c1ccc(OC)cc1OC. The number of carbonyl (C=O) groups is 1. The molecule has 1 rings (SSSR count). The lowest BCUT2D eigenvalue weighted by Gasteiger charge is -2.13. The minimum Gasteiger partial charge on any atom is -0.497 e. The highest BCUT2D eigenvalue weighted by Crippen LogP contribution is 2.24. The lowest BCUT2D eigenvalue weighted by Crippen LogP contribution is -2.33. The standard InChI is InChI=1S/C14H17NO3/c1-5-10(6-2)15-14(16)12-8-7-11(17-3)9-13(12)18-4/h1,7-10H,6H2,2-4H3,(H,15,16). The second-order valence-electron chi connectivity index (χ2n) is 3.67. The second kappa shape index (κ2) is 6.55. The highest BCUT2D eigenvalue weighted by atomic mass is 16.5. The highest BCUT2D eigenvalue weighted by Gasteiger charge is 2.15. The third-order valence-electron chi connectivity index (χ3n) is 2.57. The predicted molar refractivity (Wildman–Crippen MR) is 69.9 cm³/mol. The zero-order valence-corrected chi connectivity index (χ0v) is 10.8. The molecule has 1 aromatic carbocycles. The monoisotopic (exact) mass is 247 g/mol. The normalized spacial score (nSPS) is 11.2. The van der Waals surface area contributed by atoms with Crippen LogP contribution < -0.4 is 14.8 Å². The van der Waals surface area contributed by atoms with Crippen molar-refractivity contribution < 1.29 is 14.3 Å². The molecule has 1 amide bonds. The van der Waals surface area contributed by atoms with E-state index in [4.69, 9.17) is 15.9 Å². The third kappa shape index (κ3) is 3.17. The zero-order valence-electron chi connectivity index (χ0n) is 10.8. The number of methoxy groups -OCH3 is 2. The van der Waals surface area contributed by atoms with Gasteiger partial charge in [-0.3, -0.25) is 4.79 Å². The summed E-state index contributed by atoms with van der Waals surface area (Å²) in [4.78, 5) is 12.0. The van der Waals surface area contributed by atoms with Gasteiger partial charge < -0.3 is 14.8 Å². The van der Waals surface area contributed by atoms with Gasteiger partial charge >= 0.3 is 0 Å². The Labute approximate surface area is 107 Å². The number of amides is 1. The molecule has 0 saturated carbocycles. The summed E-state index contributed by atoms with van der Waals surface area (Å²) in [5, 5.41) is 2.75. The van der Waals surface area contributed by atoms with E-state index in [0.29, 0.717) is 23.5 Å². The molecule has 0 heterocycles. The average molecular weight is 247 g/mol. The van der Waals surface area contributed by atoms with Crippen molar-refractivity contribution in [1.29, 1.82) is 0 Å². The van der Waals surface area contributed by atoms with Gasteiger partial charge in [0.1, 0.15) is 11.5 Å². The molecule has 1 unspecified atom stereocenters. The van der Waals surface area contributed by atoms with Gasteiger partial charge in [0, 0.05) is 6.07 Å². The third-order valence-corrected chi connectivity index (χ3v) is 2.57. The number of carbonyl (C=O) groups excluding carboxylic acids is 1. The van der Waals surface area contributed by atoms with Crippen LogP contribution in [0.5, 0.6) is 11.5 Å². The van der Waals surface area contributed by atoms with Crippen LogP contribution in [0.25, 0.3) is 0 Å². The molecule has 96 valence electrons. The first kappa shape index (κ1) is 13.9. The fraction of sp³-hybridized carbons (Fsp3) is 0.357. The Morgan fingerprint density at radius 1 is 1.44 bits per heavy atom. The molecule has 1 aromatic rings. The zero-order chi connectivity index (χ0) is 13.5. The Morgan fingerprint density at radius 2 is 2.17 bits per heavy atom. The van der Waals surface area contributed by atoms with Gasteiger partial charge in [0.25, 0.3) is 5.91 Å². The number of nitrogens with one attached hydrogen (secondary N) is 1. The van der Waals surface area contributed by atoms with Crippen LogP contribution in [0, 0.1) is 12.3 Å². The first-order valence-electron chi connectivity index (χ1n) is 5.65. The summed E-state index contributed by atoms with van der Waals surface area (Å²) < 4.78 is 10.2. The van der Waals surface area contributed by atoms with Crippen molar-refractivity contribution in [3.05, 3.63) is 23.8 Å². The number of benzene rings is 1. The maximum Gasteiger partial charge on any atom is 0.256 e. The molecular weight excluding hydrogens is 230 g/mol.